The van der Waals surface area contributed by atoms with E-state index in [0.717, 1.165) is 4.47 Å². The molecule has 0 aliphatic rings. The molecule has 0 fully saturated rings. The fourth-order valence-corrected chi connectivity index (χ4v) is 2.47. The molecule has 0 radical (unpaired) electrons. The highest BCUT2D eigenvalue weighted by Gasteiger charge is 2.06. The number of halogens is 2. The third kappa shape index (κ3) is 2.67. The van der Waals surface area contributed by atoms with Crippen molar-refractivity contribution in [3.8, 4) is 0 Å². The van der Waals surface area contributed by atoms with Crippen LogP contribution >= 0.6 is 15.9 Å². The zero-order valence-corrected chi connectivity index (χ0v) is 12.5. The molecular weight excluding hydrogens is 337 g/mol. The standard InChI is InChI=1S/C15H11BrFN3O/c16-10-2-4-14-11(6-10)15(21)20(8-19-14)7-9-1-3-13(18)12(17)5-9/h1-6,8H,7,18H2. The van der Waals surface area contributed by atoms with Crippen molar-refractivity contribution < 1.29 is 4.39 Å². The molecule has 21 heavy (non-hydrogen) atoms. The normalized spacial score (nSPS) is 11.0. The molecule has 0 aliphatic heterocycles. The number of nitrogens with two attached hydrogens (primary N) is 1. The van der Waals surface area contributed by atoms with Crippen molar-refractivity contribution in [2.45, 2.75) is 6.54 Å². The van der Waals surface area contributed by atoms with Crippen molar-refractivity contribution >= 4 is 32.5 Å². The largest absolute Gasteiger partial charge is 0.396 e. The average molecular weight is 348 g/mol. The molecule has 0 unspecified atom stereocenters. The number of hydrogen-bond donors (Lipinski definition) is 1. The van der Waals surface area contributed by atoms with Gasteiger partial charge in [-0.1, -0.05) is 22.0 Å². The minimum absolute atomic E-state index is 0.0895. The maximum absolute atomic E-state index is 13.5. The van der Waals surface area contributed by atoms with Gasteiger partial charge in [0, 0.05) is 4.47 Å². The molecule has 0 aliphatic carbocycles. The number of anilines is 1. The van der Waals surface area contributed by atoms with Crippen LogP contribution in [0, 0.1) is 5.82 Å². The van der Waals surface area contributed by atoms with E-state index in [-0.39, 0.29) is 17.8 Å². The molecule has 1 aromatic heterocycles. The Hall–Kier alpha value is -2.21. The second-order valence-corrected chi connectivity index (χ2v) is 5.61. The minimum Gasteiger partial charge on any atom is -0.396 e. The SMILES string of the molecule is Nc1ccc(Cn2cnc3ccc(Br)cc3c2=O)cc1F. The molecule has 0 spiro atoms. The summed E-state index contributed by atoms with van der Waals surface area (Å²) in [4.78, 5) is 16.7. The highest BCUT2D eigenvalue weighted by Crippen LogP contribution is 2.16. The van der Waals surface area contributed by atoms with Gasteiger partial charge in [0.15, 0.2) is 0 Å². The molecule has 6 heteroatoms. The van der Waals surface area contributed by atoms with Crippen LogP contribution in [0.4, 0.5) is 10.1 Å². The molecule has 1 heterocycles. The van der Waals surface area contributed by atoms with Gasteiger partial charge in [-0.15, -0.1) is 0 Å². The predicted octanol–water partition coefficient (Wildman–Crippen LogP) is 2.93. The summed E-state index contributed by atoms with van der Waals surface area (Å²) < 4.78 is 15.7. The summed E-state index contributed by atoms with van der Waals surface area (Å²) in [5, 5.41) is 0.516. The van der Waals surface area contributed by atoms with Crippen LogP contribution in [-0.2, 0) is 6.54 Å². The first-order valence-electron chi connectivity index (χ1n) is 6.23. The van der Waals surface area contributed by atoms with Crippen LogP contribution < -0.4 is 11.3 Å². The van der Waals surface area contributed by atoms with Gasteiger partial charge in [-0.05, 0) is 35.9 Å². The van der Waals surface area contributed by atoms with Gasteiger partial charge < -0.3 is 5.73 Å². The highest BCUT2D eigenvalue weighted by atomic mass is 79.9. The second-order valence-electron chi connectivity index (χ2n) is 4.69. The smallest absolute Gasteiger partial charge is 0.261 e. The van der Waals surface area contributed by atoms with E-state index >= 15 is 0 Å². The van der Waals surface area contributed by atoms with Crippen molar-refractivity contribution in [3.63, 3.8) is 0 Å². The van der Waals surface area contributed by atoms with Crippen molar-refractivity contribution in [2.24, 2.45) is 0 Å². The van der Waals surface area contributed by atoms with Crippen molar-refractivity contribution in [1.29, 1.82) is 0 Å². The van der Waals surface area contributed by atoms with Crippen LogP contribution in [0.15, 0.2) is 52.0 Å². The van der Waals surface area contributed by atoms with Crippen molar-refractivity contribution in [3.05, 3.63) is 68.9 Å². The van der Waals surface area contributed by atoms with Gasteiger partial charge in [-0.25, -0.2) is 9.37 Å². The fraction of sp³-hybridized carbons (Fsp3) is 0.0667. The van der Waals surface area contributed by atoms with E-state index in [4.69, 9.17) is 5.73 Å². The number of benzene rings is 2. The number of nitrogens with zero attached hydrogens (tertiary/aromatic N) is 2. The molecule has 3 aromatic rings. The summed E-state index contributed by atoms with van der Waals surface area (Å²) in [6, 6.07) is 9.83. The third-order valence-electron chi connectivity index (χ3n) is 3.20. The summed E-state index contributed by atoms with van der Waals surface area (Å²) in [5.74, 6) is -0.489. The van der Waals surface area contributed by atoms with Crippen LogP contribution in [0.5, 0.6) is 0 Å². The number of rotatable bonds is 2. The molecule has 106 valence electrons. The molecule has 0 amide bonds. The van der Waals surface area contributed by atoms with E-state index in [1.807, 2.05) is 6.07 Å². The van der Waals surface area contributed by atoms with E-state index in [1.54, 1.807) is 18.2 Å². The summed E-state index contributed by atoms with van der Waals surface area (Å²) in [6.07, 6.45) is 1.47. The second kappa shape index (κ2) is 5.29. The Labute approximate surface area is 128 Å². The van der Waals surface area contributed by atoms with Crippen LogP contribution in [0.3, 0.4) is 0 Å². The maximum Gasteiger partial charge on any atom is 0.261 e. The van der Waals surface area contributed by atoms with Gasteiger partial charge in [0.1, 0.15) is 5.82 Å². The fourth-order valence-electron chi connectivity index (χ4n) is 2.11. The van der Waals surface area contributed by atoms with E-state index in [2.05, 4.69) is 20.9 Å². The van der Waals surface area contributed by atoms with E-state index in [9.17, 15) is 9.18 Å². The lowest BCUT2D eigenvalue weighted by Crippen LogP contribution is -2.21. The van der Waals surface area contributed by atoms with Crippen LogP contribution in [-0.4, -0.2) is 9.55 Å². The molecule has 3 rings (SSSR count). The summed E-state index contributed by atoms with van der Waals surface area (Å²) in [5.41, 5.74) is 6.64. The number of hydrogen-bond acceptors (Lipinski definition) is 3. The molecule has 0 saturated heterocycles. The van der Waals surface area contributed by atoms with Crippen LogP contribution in [0.1, 0.15) is 5.56 Å². The van der Waals surface area contributed by atoms with Gasteiger partial charge in [0.25, 0.3) is 5.56 Å². The molecule has 0 bridgehead atoms. The Kier molecular flexibility index (Phi) is 3.47. The van der Waals surface area contributed by atoms with Gasteiger partial charge in [-0.2, -0.15) is 0 Å². The first-order chi connectivity index (χ1) is 10.0. The topological polar surface area (TPSA) is 60.9 Å². The quantitative estimate of drug-likeness (QED) is 0.725. The number of fused-ring (bicyclic) bond motifs is 1. The van der Waals surface area contributed by atoms with E-state index in [1.165, 1.54) is 23.0 Å². The Morgan fingerprint density at radius 3 is 2.81 bits per heavy atom. The van der Waals surface area contributed by atoms with Crippen molar-refractivity contribution in [1.82, 2.24) is 9.55 Å². The molecular formula is C15H11BrFN3O. The zero-order chi connectivity index (χ0) is 15.0. The highest BCUT2D eigenvalue weighted by molar-refractivity contribution is 9.10. The lowest BCUT2D eigenvalue weighted by molar-refractivity contribution is 0.627. The summed E-state index contributed by atoms with van der Waals surface area (Å²) >= 11 is 3.34. The third-order valence-corrected chi connectivity index (χ3v) is 3.70. The van der Waals surface area contributed by atoms with Gasteiger partial charge in [0.05, 0.1) is 29.5 Å². The molecule has 0 atom stereocenters. The molecule has 2 aromatic carbocycles. The minimum atomic E-state index is -0.489. The molecule has 4 nitrogen and oxygen atoms in total. The van der Waals surface area contributed by atoms with Gasteiger partial charge >= 0.3 is 0 Å². The Morgan fingerprint density at radius 2 is 2.05 bits per heavy atom. The average Bonchev–Trinajstić information content (AvgIpc) is 2.46. The van der Waals surface area contributed by atoms with E-state index < -0.39 is 5.82 Å². The van der Waals surface area contributed by atoms with E-state index in [0.29, 0.717) is 16.5 Å². The summed E-state index contributed by atoms with van der Waals surface area (Å²) in [7, 11) is 0. The number of nitrogen functional groups attached to an aromatic ring is 1. The van der Waals surface area contributed by atoms with Crippen molar-refractivity contribution in [2.75, 3.05) is 5.73 Å². The molecule has 0 saturated carbocycles. The van der Waals surface area contributed by atoms with Crippen LogP contribution in [0.25, 0.3) is 10.9 Å². The lowest BCUT2D eigenvalue weighted by Gasteiger charge is -2.08. The Morgan fingerprint density at radius 1 is 1.24 bits per heavy atom. The van der Waals surface area contributed by atoms with Gasteiger partial charge in [0.2, 0.25) is 0 Å². The lowest BCUT2D eigenvalue weighted by atomic mass is 10.2. The first kappa shape index (κ1) is 13.8. The first-order valence-corrected chi connectivity index (χ1v) is 7.02. The number of aromatic nitrogens is 2. The molecule has 2 N–H and O–H groups in total. The monoisotopic (exact) mass is 347 g/mol. The van der Waals surface area contributed by atoms with Gasteiger partial charge in [-0.3, -0.25) is 9.36 Å². The Bertz CT molecular complexity index is 892. The Balaban J connectivity index is 2.06. The maximum atomic E-state index is 13.5. The zero-order valence-electron chi connectivity index (χ0n) is 10.9. The summed E-state index contributed by atoms with van der Waals surface area (Å²) in [6.45, 7) is 0.242. The predicted molar refractivity (Wildman–Crippen MR) is 83.6 cm³/mol. The van der Waals surface area contributed by atoms with Crippen LogP contribution in [0.2, 0.25) is 0 Å².